The molecule has 0 aliphatic heterocycles. The van der Waals surface area contributed by atoms with Gasteiger partial charge in [0.05, 0.1) is 12.5 Å². The number of amides is 2. The molecule has 1 heterocycles. The van der Waals surface area contributed by atoms with Crippen molar-refractivity contribution >= 4 is 11.8 Å². The number of nitrogens with zero attached hydrogens (tertiary/aromatic N) is 2. The molecule has 1 atom stereocenters. The summed E-state index contributed by atoms with van der Waals surface area (Å²) in [5.74, 6) is -0.324. The van der Waals surface area contributed by atoms with Crippen LogP contribution in [-0.4, -0.2) is 34.8 Å². The first kappa shape index (κ1) is 20.2. The van der Waals surface area contributed by atoms with Crippen LogP contribution in [0, 0.1) is 0 Å². The van der Waals surface area contributed by atoms with Crippen molar-refractivity contribution in [2.45, 2.75) is 25.8 Å². The van der Waals surface area contributed by atoms with E-state index >= 15 is 0 Å². The Bertz CT molecular complexity index is 783. The molecule has 0 saturated carbocycles. The van der Waals surface area contributed by atoms with Gasteiger partial charge in [-0.05, 0) is 12.0 Å². The lowest BCUT2D eigenvalue weighted by Crippen LogP contribution is -2.35. The maximum absolute atomic E-state index is 13.1. The molecular weight excluding hydrogens is 342 g/mol. The highest BCUT2D eigenvalue weighted by Gasteiger charge is 2.25. The predicted octanol–water partition coefficient (Wildman–Crippen LogP) is 3.30. The summed E-state index contributed by atoms with van der Waals surface area (Å²) in [6.45, 7) is 10.1. The van der Waals surface area contributed by atoms with Crippen molar-refractivity contribution in [1.29, 1.82) is 0 Å². The number of hydrogen-bond donors (Lipinski definition) is 1. The Morgan fingerprint density at radius 1 is 1.26 bits per heavy atom. The molecule has 2 rings (SSSR count). The molecule has 2 aromatic rings. The molecule has 6 heteroatoms. The number of carbonyl (C=O) groups is 2. The van der Waals surface area contributed by atoms with E-state index in [1.807, 2.05) is 37.3 Å². The first-order chi connectivity index (χ1) is 13.1. The van der Waals surface area contributed by atoms with Gasteiger partial charge in [0.15, 0.2) is 5.69 Å². The summed E-state index contributed by atoms with van der Waals surface area (Å²) in [5, 5.41) is 2.64. The van der Waals surface area contributed by atoms with Crippen molar-refractivity contribution in [3.8, 4) is 0 Å². The minimum absolute atomic E-state index is 0.0283. The average molecular weight is 367 g/mol. The van der Waals surface area contributed by atoms with Crippen LogP contribution in [0.5, 0.6) is 0 Å². The fraction of sp³-hybridized carbons (Fsp3) is 0.286. The standard InChI is InChI=1S/C21H25N3O3/c1-4-12-22-20(25)18-15-27-19(23-18)14-24(13-5-2)21(26)17(6-3)16-10-8-7-9-11-16/h4-5,7-11,15,17H,1-2,6,12-14H2,3H3,(H,22,25)/t17-/m0/s1. The van der Waals surface area contributed by atoms with Crippen LogP contribution in [0.3, 0.4) is 0 Å². The van der Waals surface area contributed by atoms with Crippen molar-refractivity contribution < 1.29 is 14.0 Å². The van der Waals surface area contributed by atoms with Crippen LogP contribution < -0.4 is 5.32 Å². The molecule has 0 saturated heterocycles. The Kier molecular flexibility index (Phi) is 7.55. The molecule has 1 aromatic carbocycles. The molecule has 27 heavy (non-hydrogen) atoms. The van der Waals surface area contributed by atoms with E-state index in [9.17, 15) is 9.59 Å². The Balaban J connectivity index is 2.14. The molecule has 0 aliphatic carbocycles. The first-order valence-electron chi connectivity index (χ1n) is 8.88. The van der Waals surface area contributed by atoms with E-state index in [4.69, 9.17) is 4.42 Å². The van der Waals surface area contributed by atoms with Crippen molar-refractivity contribution in [2.24, 2.45) is 0 Å². The maximum Gasteiger partial charge on any atom is 0.273 e. The lowest BCUT2D eigenvalue weighted by Gasteiger charge is -2.25. The molecule has 0 fully saturated rings. The summed E-state index contributed by atoms with van der Waals surface area (Å²) in [6, 6.07) is 9.67. The number of oxazole rings is 1. The van der Waals surface area contributed by atoms with Crippen LogP contribution in [0.1, 0.15) is 41.2 Å². The SMILES string of the molecule is C=CCNC(=O)c1coc(CN(CC=C)C(=O)[C@@H](CC)c2ccccc2)n1. The van der Waals surface area contributed by atoms with Crippen LogP contribution in [0.25, 0.3) is 0 Å². The van der Waals surface area contributed by atoms with Crippen LogP contribution in [0.2, 0.25) is 0 Å². The lowest BCUT2D eigenvalue weighted by molar-refractivity contribution is -0.133. The maximum atomic E-state index is 13.1. The number of aromatic nitrogens is 1. The fourth-order valence-corrected chi connectivity index (χ4v) is 2.75. The zero-order valence-corrected chi connectivity index (χ0v) is 15.6. The topological polar surface area (TPSA) is 75.4 Å². The molecular formula is C21H25N3O3. The number of carbonyl (C=O) groups excluding carboxylic acids is 2. The van der Waals surface area contributed by atoms with E-state index in [0.29, 0.717) is 25.4 Å². The van der Waals surface area contributed by atoms with Gasteiger partial charge in [-0.1, -0.05) is 49.4 Å². The molecule has 6 nitrogen and oxygen atoms in total. The summed E-state index contributed by atoms with van der Waals surface area (Å²) in [4.78, 5) is 30.8. The van der Waals surface area contributed by atoms with Crippen LogP contribution in [-0.2, 0) is 11.3 Å². The van der Waals surface area contributed by atoms with Crippen molar-refractivity contribution in [3.05, 3.63) is 79.1 Å². The number of hydrogen-bond acceptors (Lipinski definition) is 4. The number of nitrogens with one attached hydrogen (secondary N) is 1. The van der Waals surface area contributed by atoms with Gasteiger partial charge in [-0.15, -0.1) is 13.2 Å². The molecule has 0 unspecified atom stereocenters. The van der Waals surface area contributed by atoms with Crippen LogP contribution in [0.4, 0.5) is 0 Å². The van der Waals surface area contributed by atoms with Gasteiger partial charge in [0.25, 0.3) is 5.91 Å². The average Bonchev–Trinajstić information content (AvgIpc) is 3.16. The molecule has 0 spiro atoms. The van der Waals surface area contributed by atoms with Gasteiger partial charge < -0.3 is 14.6 Å². The molecule has 0 bridgehead atoms. The summed E-state index contributed by atoms with van der Waals surface area (Å²) in [6.07, 6.45) is 5.21. The number of rotatable bonds is 10. The Morgan fingerprint density at radius 3 is 2.63 bits per heavy atom. The third-order valence-corrected chi connectivity index (χ3v) is 4.09. The van der Waals surface area contributed by atoms with Gasteiger partial charge in [-0.3, -0.25) is 9.59 Å². The molecule has 2 amide bonds. The first-order valence-corrected chi connectivity index (χ1v) is 8.88. The van der Waals surface area contributed by atoms with Crippen LogP contribution >= 0.6 is 0 Å². The van der Waals surface area contributed by atoms with Crippen molar-refractivity contribution in [1.82, 2.24) is 15.2 Å². The summed E-state index contributed by atoms with van der Waals surface area (Å²) >= 11 is 0. The van der Waals surface area contributed by atoms with Crippen molar-refractivity contribution in [2.75, 3.05) is 13.1 Å². The highest BCUT2D eigenvalue weighted by molar-refractivity contribution is 5.92. The van der Waals surface area contributed by atoms with Gasteiger partial charge in [-0.25, -0.2) is 4.98 Å². The normalized spacial score (nSPS) is 11.4. The van der Waals surface area contributed by atoms with Gasteiger partial charge >= 0.3 is 0 Å². The Morgan fingerprint density at radius 2 is 2.00 bits per heavy atom. The van der Waals surface area contributed by atoms with Gasteiger partial charge in [0.2, 0.25) is 11.8 Å². The van der Waals surface area contributed by atoms with Gasteiger partial charge in [-0.2, -0.15) is 0 Å². The third-order valence-electron chi connectivity index (χ3n) is 4.09. The second-order valence-corrected chi connectivity index (χ2v) is 6.00. The highest BCUT2D eigenvalue weighted by atomic mass is 16.3. The molecule has 1 N–H and O–H groups in total. The Hall–Kier alpha value is -3.15. The lowest BCUT2D eigenvalue weighted by atomic mass is 9.95. The zero-order chi connectivity index (χ0) is 19.6. The van der Waals surface area contributed by atoms with E-state index in [1.54, 1.807) is 17.1 Å². The molecule has 1 aromatic heterocycles. The predicted molar refractivity (Wildman–Crippen MR) is 104 cm³/mol. The summed E-state index contributed by atoms with van der Waals surface area (Å²) < 4.78 is 5.39. The zero-order valence-electron chi connectivity index (χ0n) is 15.6. The smallest absolute Gasteiger partial charge is 0.273 e. The highest BCUT2D eigenvalue weighted by Crippen LogP contribution is 2.23. The van der Waals surface area contributed by atoms with Crippen LogP contribution in [0.15, 0.2) is 66.3 Å². The quantitative estimate of drug-likeness (QED) is 0.654. The molecule has 0 radical (unpaired) electrons. The minimum Gasteiger partial charge on any atom is -0.446 e. The summed E-state index contributed by atoms with van der Waals surface area (Å²) in [5.41, 5.74) is 1.14. The van der Waals surface area contributed by atoms with E-state index in [-0.39, 0.29) is 30.0 Å². The monoisotopic (exact) mass is 367 g/mol. The van der Waals surface area contributed by atoms with Gasteiger partial charge in [0, 0.05) is 13.1 Å². The van der Waals surface area contributed by atoms with E-state index in [2.05, 4.69) is 23.5 Å². The van der Waals surface area contributed by atoms with E-state index < -0.39 is 0 Å². The molecule has 0 aliphatic rings. The summed E-state index contributed by atoms with van der Waals surface area (Å²) in [7, 11) is 0. The van der Waals surface area contributed by atoms with Crippen molar-refractivity contribution in [3.63, 3.8) is 0 Å². The minimum atomic E-state index is -0.345. The second kappa shape index (κ2) is 10.1. The second-order valence-electron chi connectivity index (χ2n) is 6.00. The Labute approximate surface area is 159 Å². The fourth-order valence-electron chi connectivity index (χ4n) is 2.75. The molecule has 142 valence electrons. The van der Waals surface area contributed by atoms with E-state index in [0.717, 1.165) is 5.56 Å². The van der Waals surface area contributed by atoms with Gasteiger partial charge in [0.1, 0.15) is 6.26 Å². The number of benzene rings is 1. The largest absolute Gasteiger partial charge is 0.446 e. The third kappa shape index (κ3) is 5.41. The van der Waals surface area contributed by atoms with E-state index in [1.165, 1.54) is 6.26 Å².